The lowest BCUT2D eigenvalue weighted by molar-refractivity contribution is -0.116. The quantitative estimate of drug-likeness (QED) is 0.461. The second kappa shape index (κ2) is 4.91. The first-order chi connectivity index (χ1) is 5.84. The summed E-state index contributed by atoms with van der Waals surface area (Å²) in [6.07, 6.45) is 12.3. The lowest BCUT2D eigenvalue weighted by Crippen LogP contribution is -2.01. The Labute approximate surface area is 74.2 Å². The molecule has 0 spiro atoms. The van der Waals surface area contributed by atoms with Gasteiger partial charge >= 0.3 is 0 Å². The first kappa shape index (κ1) is 9.24. The van der Waals surface area contributed by atoms with E-state index < -0.39 is 0 Å². The summed E-state index contributed by atoms with van der Waals surface area (Å²) >= 11 is 0. The van der Waals surface area contributed by atoms with Gasteiger partial charge in [0.15, 0.2) is 5.78 Å². The van der Waals surface area contributed by atoms with Crippen LogP contribution in [0, 0.1) is 5.92 Å². The molecule has 1 aliphatic carbocycles. The molecule has 0 heterocycles. The topological polar surface area (TPSA) is 17.1 Å². The highest BCUT2D eigenvalue weighted by Gasteiger charge is 2.15. The zero-order chi connectivity index (χ0) is 8.81. The first-order valence-corrected chi connectivity index (χ1v) is 4.71. The van der Waals surface area contributed by atoms with Crippen molar-refractivity contribution in [1.82, 2.24) is 0 Å². The van der Waals surface area contributed by atoms with Gasteiger partial charge in [-0.2, -0.15) is 0 Å². The fraction of sp³-hybridized carbons (Fsp3) is 0.545. The molecule has 0 N–H and O–H groups in total. The van der Waals surface area contributed by atoms with Crippen molar-refractivity contribution in [1.29, 1.82) is 0 Å². The van der Waals surface area contributed by atoms with E-state index in [4.69, 9.17) is 0 Å². The molecule has 1 heteroatoms. The Morgan fingerprint density at radius 2 is 2.50 bits per heavy atom. The highest BCUT2D eigenvalue weighted by atomic mass is 16.1. The van der Waals surface area contributed by atoms with Crippen molar-refractivity contribution in [2.24, 2.45) is 5.92 Å². The number of allylic oxidation sites excluding steroid dienone is 4. The molecule has 0 fully saturated rings. The maximum absolute atomic E-state index is 11.1. The maximum Gasteiger partial charge on any atom is 0.162 e. The van der Waals surface area contributed by atoms with Gasteiger partial charge in [-0.25, -0.2) is 0 Å². The van der Waals surface area contributed by atoms with E-state index in [1.165, 1.54) is 12.8 Å². The van der Waals surface area contributed by atoms with Crippen LogP contribution in [0.1, 0.15) is 32.6 Å². The monoisotopic (exact) mass is 164 g/mol. The minimum Gasteiger partial charge on any atom is -0.294 e. The van der Waals surface area contributed by atoms with Gasteiger partial charge in [0.05, 0.1) is 0 Å². The second-order valence-corrected chi connectivity index (χ2v) is 3.22. The molecule has 0 aliphatic heterocycles. The van der Waals surface area contributed by atoms with Crippen molar-refractivity contribution in [2.45, 2.75) is 32.6 Å². The zero-order valence-corrected chi connectivity index (χ0v) is 7.62. The number of unbranched alkanes of at least 4 members (excludes halogenated alkanes) is 2. The summed E-state index contributed by atoms with van der Waals surface area (Å²) in [5, 5.41) is 0. The van der Waals surface area contributed by atoms with Gasteiger partial charge in [-0.1, -0.05) is 38.0 Å². The number of carbonyl (C=O) groups is 1. The van der Waals surface area contributed by atoms with E-state index in [0.717, 1.165) is 12.8 Å². The molecule has 0 radical (unpaired) electrons. The SMILES string of the molecule is CCCCC=CC1CC=CC1=O. The Balaban J connectivity index is 2.22. The van der Waals surface area contributed by atoms with Crippen molar-refractivity contribution in [3.63, 3.8) is 0 Å². The predicted octanol–water partition coefficient (Wildman–Crippen LogP) is 2.88. The molecular weight excluding hydrogens is 148 g/mol. The second-order valence-electron chi connectivity index (χ2n) is 3.22. The minimum absolute atomic E-state index is 0.154. The molecule has 0 saturated heterocycles. The van der Waals surface area contributed by atoms with Crippen molar-refractivity contribution in [3.8, 4) is 0 Å². The van der Waals surface area contributed by atoms with Gasteiger partial charge in [0, 0.05) is 5.92 Å². The summed E-state index contributed by atoms with van der Waals surface area (Å²) < 4.78 is 0. The van der Waals surface area contributed by atoms with Gasteiger partial charge in [0.2, 0.25) is 0 Å². The molecule has 0 aromatic rings. The third-order valence-corrected chi connectivity index (χ3v) is 2.13. The Kier molecular flexibility index (Phi) is 3.78. The lowest BCUT2D eigenvalue weighted by Gasteiger charge is -1.98. The summed E-state index contributed by atoms with van der Waals surface area (Å²) in [4.78, 5) is 11.1. The summed E-state index contributed by atoms with van der Waals surface area (Å²) in [7, 11) is 0. The highest BCUT2D eigenvalue weighted by Crippen LogP contribution is 2.15. The van der Waals surface area contributed by atoms with Crippen molar-refractivity contribution in [2.75, 3.05) is 0 Å². The standard InChI is InChI=1S/C11H16O/c1-2-3-4-5-7-10-8-6-9-11(10)12/h5-7,9-10H,2-4,8H2,1H3. The van der Waals surface area contributed by atoms with Crippen molar-refractivity contribution >= 4 is 5.78 Å². The van der Waals surface area contributed by atoms with Gasteiger partial charge in [-0.3, -0.25) is 4.79 Å². The summed E-state index contributed by atoms with van der Waals surface area (Å²) in [6.45, 7) is 2.18. The van der Waals surface area contributed by atoms with E-state index in [1.807, 2.05) is 6.08 Å². The van der Waals surface area contributed by atoms with E-state index in [2.05, 4.69) is 19.1 Å². The number of rotatable bonds is 4. The first-order valence-electron chi connectivity index (χ1n) is 4.71. The van der Waals surface area contributed by atoms with Crippen LogP contribution in [0.3, 0.4) is 0 Å². The smallest absolute Gasteiger partial charge is 0.162 e. The summed E-state index contributed by atoms with van der Waals surface area (Å²) in [5.74, 6) is 0.421. The molecule has 0 saturated carbocycles. The number of carbonyl (C=O) groups excluding carboxylic acids is 1. The van der Waals surface area contributed by atoms with E-state index in [1.54, 1.807) is 6.08 Å². The van der Waals surface area contributed by atoms with Crippen LogP contribution >= 0.6 is 0 Å². The molecule has 0 amide bonds. The van der Waals surface area contributed by atoms with E-state index in [0.29, 0.717) is 0 Å². The third-order valence-electron chi connectivity index (χ3n) is 2.13. The molecule has 1 unspecified atom stereocenters. The molecule has 1 atom stereocenters. The Morgan fingerprint density at radius 3 is 3.08 bits per heavy atom. The molecule has 1 rings (SSSR count). The molecule has 1 nitrogen and oxygen atoms in total. The largest absolute Gasteiger partial charge is 0.294 e. The van der Waals surface area contributed by atoms with E-state index in [-0.39, 0.29) is 11.7 Å². The Hall–Kier alpha value is -0.850. The molecule has 0 aromatic heterocycles. The summed E-state index contributed by atoms with van der Waals surface area (Å²) in [6, 6.07) is 0. The van der Waals surface area contributed by atoms with Gasteiger partial charge < -0.3 is 0 Å². The van der Waals surface area contributed by atoms with Crippen LogP contribution in [-0.4, -0.2) is 5.78 Å². The third kappa shape index (κ3) is 2.65. The highest BCUT2D eigenvalue weighted by molar-refractivity contribution is 5.95. The number of hydrogen-bond donors (Lipinski definition) is 0. The zero-order valence-electron chi connectivity index (χ0n) is 7.62. The average molecular weight is 164 g/mol. The van der Waals surface area contributed by atoms with Crippen LogP contribution in [0.15, 0.2) is 24.3 Å². The summed E-state index contributed by atoms with van der Waals surface area (Å²) in [5.41, 5.74) is 0. The van der Waals surface area contributed by atoms with Crippen LogP contribution in [-0.2, 0) is 4.79 Å². The lowest BCUT2D eigenvalue weighted by atomic mass is 10.1. The van der Waals surface area contributed by atoms with Crippen molar-refractivity contribution in [3.05, 3.63) is 24.3 Å². The van der Waals surface area contributed by atoms with E-state index in [9.17, 15) is 4.79 Å². The molecule has 1 aliphatic rings. The Bertz CT molecular complexity index is 201. The fourth-order valence-corrected chi connectivity index (χ4v) is 1.33. The number of hydrogen-bond acceptors (Lipinski definition) is 1. The Morgan fingerprint density at radius 1 is 1.67 bits per heavy atom. The van der Waals surface area contributed by atoms with Crippen LogP contribution < -0.4 is 0 Å². The van der Waals surface area contributed by atoms with Gasteiger partial charge in [-0.15, -0.1) is 0 Å². The number of ketones is 1. The van der Waals surface area contributed by atoms with Gasteiger partial charge in [-0.05, 0) is 18.9 Å². The van der Waals surface area contributed by atoms with Crippen LogP contribution in [0.4, 0.5) is 0 Å². The van der Waals surface area contributed by atoms with Crippen molar-refractivity contribution < 1.29 is 4.79 Å². The fourth-order valence-electron chi connectivity index (χ4n) is 1.33. The normalized spacial score (nSPS) is 22.8. The molecule has 0 aromatic carbocycles. The van der Waals surface area contributed by atoms with Crippen LogP contribution in [0.2, 0.25) is 0 Å². The van der Waals surface area contributed by atoms with Crippen LogP contribution in [0.25, 0.3) is 0 Å². The predicted molar refractivity (Wildman–Crippen MR) is 50.9 cm³/mol. The minimum atomic E-state index is 0.154. The molecule has 66 valence electrons. The molecule has 0 bridgehead atoms. The maximum atomic E-state index is 11.1. The molecular formula is C11H16O. The van der Waals surface area contributed by atoms with Gasteiger partial charge in [0.1, 0.15) is 0 Å². The van der Waals surface area contributed by atoms with E-state index >= 15 is 0 Å². The molecule has 12 heavy (non-hydrogen) atoms. The average Bonchev–Trinajstić information content (AvgIpc) is 2.46. The van der Waals surface area contributed by atoms with Gasteiger partial charge in [0.25, 0.3) is 0 Å². The van der Waals surface area contributed by atoms with Crippen LogP contribution in [0.5, 0.6) is 0 Å².